The van der Waals surface area contributed by atoms with Gasteiger partial charge in [-0.05, 0) is 41.8 Å². The monoisotopic (exact) mass is 284 g/mol. The van der Waals surface area contributed by atoms with Crippen molar-refractivity contribution in [1.29, 1.82) is 0 Å². The van der Waals surface area contributed by atoms with E-state index in [1.54, 1.807) is 12.3 Å². The molecule has 0 amide bonds. The SMILES string of the molecule is C[C@H]1CCCN1c1cc(C(=O)O)c(Br)cn1. The largest absolute Gasteiger partial charge is 0.478 e. The molecule has 1 aromatic rings. The maximum Gasteiger partial charge on any atom is 0.337 e. The lowest BCUT2D eigenvalue weighted by Gasteiger charge is -2.22. The maximum absolute atomic E-state index is 11.0. The molecule has 1 atom stereocenters. The van der Waals surface area contributed by atoms with Crippen molar-refractivity contribution in [2.24, 2.45) is 0 Å². The molecule has 86 valence electrons. The fourth-order valence-corrected chi connectivity index (χ4v) is 2.41. The number of hydrogen-bond acceptors (Lipinski definition) is 3. The zero-order valence-corrected chi connectivity index (χ0v) is 10.6. The fraction of sp³-hybridized carbons (Fsp3) is 0.455. The van der Waals surface area contributed by atoms with E-state index in [2.05, 4.69) is 32.7 Å². The van der Waals surface area contributed by atoms with Crippen LogP contribution in [0.25, 0.3) is 0 Å². The van der Waals surface area contributed by atoms with Crippen LogP contribution in [0.2, 0.25) is 0 Å². The fourth-order valence-electron chi connectivity index (χ4n) is 2.02. The first-order valence-corrected chi connectivity index (χ1v) is 6.04. The molecular formula is C11H13BrN2O2. The molecule has 0 aliphatic carbocycles. The number of carboxylic acids is 1. The van der Waals surface area contributed by atoms with Crippen molar-refractivity contribution in [3.63, 3.8) is 0 Å². The van der Waals surface area contributed by atoms with Gasteiger partial charge in [0.25, 0.3) is 0 Å². The predicted octanol–water partition coefficient (Wildman–Crippen LogP) is 2.53. The van der Waals surface area contributed by atoms with E-state index >= 15 is 0 Å². The number of nitrogens with zero attached hydrogens (tertiary/aromatic N) is 2. The smallest absolute Gasteiger partial charge is 0.337 e. The van der Waals surface area contributed by atoms with Crippen molar-refractivity contribution in [3.05, 3.63) is 22.3 Å². The summed E-state index contributed by atoms with van der Waals surface area (Å²) in [7, 11) is 0. The van der Waals surface area contributed by atoms with Crippen molar-refractivity contribution >= 4 is 27.7 Å². The first-order chi connectivity index (χ1) is 7.59. The Balaban J connectivity index is 2.35. The molecule has 2 heterocycles. The lowest BCUT2D eigenvalue weighted by Crippen LogP contribution is -2.27. The van der Waals surface area contributed by atoms with E-state index in [0.717, 1.165) is 25.2 Å². The Morgan fingerprint density at radius 2 is 2.44 bits per heavy atom. The summed E-state index contributed by atoms with van der Waals surface area (Å²) in [6.45, 7) is 3.09. The van der Waals surface area contributed by atoms with Gasteiger partial charge in [-0.25, -0.2) is 9.78 Å². The highest BCUT2D eigenvalue weighted by atomic mass is 79.9. The quantitative estimate of drug-likeness (QED) is 0.907. The Kier molecular flexibility index (Phi) is 3.14. The van der Waals surface area contributed by atoms with Gasteiger partial charge < -0.3 is 10.0 Å². The molecular weight excluding hydrogens is 272 g/mol. The van der Waals surface area contributed by atoms with Gasteiger partial charge in [-0.1, -0.05) is 0 Å². The van der Waals surface area contributed by atoms with Gasteiger partial charge in [0.05, 0.1) is 10.0 Å². The summed E-state index contributed by atoms with van der Waals surface area (Å²) >= 11 is 3.19. The van der Waals surface area contributed by atoms with Crippen LogP contribution >= 0.6 is 15.9 Å². The van der Waals surface area contributed by atoms with Gasteiger partial charge >= 0.3 is 5.97 Å². The standard InChI is InChI=1S/C11H13BrN2O2/c1-7-3-2-4-14(7)10-5-8(11(15)16)9(12)6-13-10/h5-7H,2-4H2,1H3,(H,15,16)/t7-/m0/s1. The van der Waals surface area contributed by atoms with E-state index in [4.69, 9.17) is 5.11 Å². The van der Waals surface area contributed by atoms with Crippen molar-refractivity contribution in [2.45, 2.75) is 25.8 Å². The molecule has 0 unspecified atom stereocenters. The molecule has 0 spiro atoms. The molecule has 1 aliphatic rings. The third-order valence-corrected chi connectivity index (χ3v) is 3.55. The Bertz CT molecular complexity index is 422. The first-order valence-electron chi connectivity index (χ1n) is 5.25. The summed E-state index contributed by atoms with van der Waals surface area (Å²) < 4.78 is 0.524. The minimum absolute atomic E-state index is 0.268. The van der Waals surface area contributed by atoms with Crippen molar-refractivity contribution in [2.75, 3.05) is 11.4 Å². The van der Waals surface area contributed by atoms with Gasteiger partial charge in [0.1, 0.15) is 5.82 Å². The zero-order chi connectivity index (χ0) is 11.7. The van der Waals surface area contributed by atoms with Crippen LogP contribution in [0.3, 0.4) is 0 Å². The third-order valence-electron chi connectivity index (χ3n) is 2.92. The molecule has 1 aromatic heterocycles. The molecule has 0 radical (unpaired) electrons. The molecule has 1 aliphatic heterocycles. The second kappa shape index (κ2) is 4.41. The van der Waals surface area contributed by atoms with Crippen LogP contribution in [0.1, 0.15) is 30.1 Å². The molecule has 1 fully saturated rings. The molecule has 5 heteroatoms. The Morgan fingerprint density at radius 1 is 1.69 bits per heavy atom. The number of hydrogen-bond donors (Lipinski definition) is 1. The Morgan fingerprint density at radius 3 is 3.00 bits per heavy atom. The van der Waals surface area contributed by atoms with Crippen molar-refractivity contribution in [3.8, 4) is 0 Å². The average molecular weight is 285 g/mol. The van der Waals surface area contributed by atoms with E-state index in [1.807, 2.05) is 0 Å². The summed E-state index contributed by atoms with van der Waals surface area (Å²) in [5.74, 6) is -0.173. The number of carboxylic acid groups (broad SMARTS) is 1. The second-order valence-electron chi connectivity index (χ2n) is 4.01. The number of rotatable bonds is 2. The van der Waals surface area contributed by atoms with Crippen LogP contribution in [0, 0.1) is 0 Å². The van der Waals surface area contributed by atoms with Crippen molar-refractivity contribution < 1.29 is 9.90 Å². The van der Waals surface area contributed by atoms with E-state index < -0.39 is 5.97 Å². The van der Waals surface area contributed by atoms with E-state index in [-0.39, 0.29) is 5.56 Å². The number of halogens is 1. The predicted molar refractivity (Wildman–Crippen MR) is 64.9 cm³/mol. The highest BCUT2D eigenvalue weighted by Crippen LogP contribution is 2.26. The number of anilines is 1. The zero-order valence-electron chi connectivity index (χ0n) is 8.98. The van der Waals surface area contributed by atoms with Crippen LogP contribution in [-0.2, 0) is 0 Å². The maximum atomic E-state index is 11.0. The van der Waals surface area contributed by atoms with Gasteiger partial charge in [-0.2, -0.15) is 0 Å². The number of carbonyl (C=O) groups is 1. The minimum Gasteiger partial charge on any atom is -0.478 e. The molecule has 1 saturated heterocycles. The number of aromatic carboxylic acids is 1. The molecule has 0 bridgehead atoms. The van der Waals surface area contributed by atoms with Crippen LogP contribution in [0.4, 0.5) is 5.82 Å². The van der Waals surface area contributed by atoms with Crippen molar-refractivity contribution in [1.82, 2.24) is 4.98 Å². The van der Waals surface area contributed by atoms with E-state index in [0.29, 0.717) is 10.5 Å². The summed E-state index contributed by atoms with van der Waals surface area (Å²) in [4.78, 5) is 17.4. The summed E-state index contributed by atoms with van der Waals surface area (Å²) in [6.07, 6.45) is 3.84. The second-order valence-corrected chi connectivity index (χ2v) is 4.87. The Labute approximate surface area is 102 Å². The lowest BCUT2D eigenvalue weighted by molar-refractivity contribution is 0.0696. The van der Waals surface area contributed by atoms with E-state index in [9.17, 15) is 4.79 Å². The first kappa shape index (κ1) is 11.4. The normalized spacial score (nSPS) is 20.1. The van der Waals surface area contributed by atoms with Gasteiger partial charge in [-0.3, -0.25) is 0 Å². The molecule has 4 nitrogen and oxygen atoms in total. The molecule has 16 heavy (non-hydrogen) atoms. The molecule has 0 saturated carbocycles. The van der Waals surface area contributed by atoms with Gasteiger partial charge in [0, 0.05) is 18.8 Å². The number of aromatic nitrogens is 1. The van der Waals surface area contributed by atoms with Gasteiger partial charge in [0.2, 0.25) is 0 Å². The lowest BCUT2D eigenvalue weighted by atomic mass is 10.2. The minimum atomic E-state index is -0.928. The van der Waals surface area contributed by atoms with Gasteiger partial charge in [0.15, 0.2) is 0 Å². The summed E-state index contributed by atoms with van der Waals surface area (Å²) in [6, 6.07) is 2.07. The highest BCUT2D eigenvalue weighted by molar-refractivity contribution is 9.10. The topological polar surface area (TPSA) is 53.4 Å². The van der Waals surface area contributed by atoms with E-state index in [1.165, 1.54) is 0 Å². The molecule has 0 aromatic carbocycles. The third kappa shape index (κ3) is 2.04. The van der Waals surface area contributed by atoms with Crippen LogP contribution in [0.5, 0.6) is 0 Å². The summed E-state index contributed by atoms with van der Waals surface area (Å²) in [5, 5.41) is 9.02. The molecule has 2 rings (SSSR count). The molecule has 1 N–H and O–H groups in total. The van der Waals surface area contributed by atoms with Crippen LogP contribution in [-0.4, -0.2) is 28.6 Å². The highest BCUT2D eigenvalue weighted by Gasteiger charge is 2.22. The van der Waals surface area contributed by atoms with Crippen LogP contribution in [0.15, 0.2) is 16.7 Å². The number of pyridine rings is 1. The Hall–Kier alpha value is -1.10. The van der Waals surface area contributed by atoms with Gasteiger partial charge in [-0.15, -0.1) is 0 Å². The average Bonchev–Trinajstić information content (AvgIpc) is 2.65. The summed E-state index contributed by atoms with van der Waals surface area (Å²) in [5.41, 5.74) is 0.268. The van der Waals surface area contributed by atoms with Crippen LogP contribution < -0.4 is 4.90 Å².